The summed E-state index contributed by atoms with van der Waals surface area (Å²) in [5.74, 6) is 1.11. The fraction of sp³-hybridized carbons (Fsp3) is 0.556. The second-order valence-electron chi connectivity index (χ2n) is 8.14. The van der Waals surface area contributed by atoms with Crippen LogP contribution in [0.3, 0.4) is 0 Å². The third-order valence-corrected chi connectivity index (χ3v) is 6.08. The molecule has 1 aromatic rings. The summed E-state index contributed by atoms with van der Waals surface area (Å²) in [6.07, 6.45) is 4.54. The van der Waals surface area contributed by atoms with E-state index >= 15 is 0 Å². The number of carbonyl (C=O) groups is 1. The van der Waals surface area contributed by atoms with Crippen LogP contribution in [-0.4, -0.2) is 18.2 Å². The highest BCUT2D eigenvalue weighted by Crippen LogP contribution is 2.33. The third kappa shape index (κ3) is 7.09. The zero-order valence-corrected chi connectivity index (χ0v) is 20.9. The number of hydrogen-bond acceptors (Lipinski definition) is 3. The lowest BCUT2D eigenvalue weighted by molar-refractivity contribution is -0.116. The van der Waals surface area contributed by atoms with Gasteiger partial charge < -0.3 is 15.5 Å². The van der Waals surface area contributed by atoms with Crippen molar-refractivity contribution in [3.05, 3.63) is 46.0 Å². The van der Waals surface area contributed by atoms with Gasteiger partial charge in [-0.05, 0) is 88.1 Å². The van der Waals surface area contributed by atoms with Crippen molar-refractivity contribution in [1.82, 2.24) is 5.32 Å². The first-order chi connectivity index (χ1) is 14.7. The van der Waals surface area contributed by atoms with Crippen molar-refractivity contribution >= 4 is 17.3 Å². The fourth-order valence-electron chi connectivity index (χ4n) is 3.66. The van der Waals surface area contributed by atoms with Gasteiger partial charge in [-0.15, -0.1) is 0 Å². The summed E-state index contributed by atoms with van der Waals surface area (Å²) >= 11 is 0. The quantitative estimate of drug-likeness (QED) is 0.270. The van der Waals surface area contributed by atoms with Crippen molar-refractivity contribution in [1.29, 1.82) is 5.41 Å². The second-order valence-corrected chi connectivity index (χ2v) is 8.14. The summed E-state index contributed by atoms with van der Waals surface area (Å²) < 4.78 is 5.94. The molecule has 172 valence electrons. The number of carbonyl (C=O) groups excluding carboxylic acids is 1. The highest BCUT2D eigenvalue weighted by Gasteiger charge is 2.19. The Hall–Kier alpha value is -2.36. The van der Waals surface area contributed by atoms with E-state index in [0.29, 0.717) is 30.2 Å². The Labute approximate surface area is 189 Å². The molecule has 0 aliphatic heterocycles. The molecule has 1 amide bonds. The van der Waals surface area contributed by atoms with Crippen molar-refractivity contribution in [3.8, 4) is 5.75 Å². The molecule has 1 aromatic carbocycles. The molecule has 0 saturated carbocycles. The minimum atomic E-state index is -0.156. The maximum absolute atomic E-state index is 13.2. The van der Waals surface area contributed by atoms with Gasteiger partial charge in [-0.25, -0.2) is 0 Å². The highest BCUT2D eigenvalue weighted by molar-refractivity contribution is 6.08. The number of nitrogens with one attached hydrogen (secondary N) is 2. The van der Waals surface area contributed by atoms with E-state index in [9.17, 15) is 4.79 Å². The van der Waals surface area contributed by atoms with Gasteiger partial charge in [0.1, 0.15) is 5.75 Å². The van der Waals surface area contributed by atoms with Crippen LogP contribution in [0.5, 0.6) is 5.75 Å². The largest absolute Gasteiger partial charge is 0.493 e. The molecule has 0 aliphatic carbocycles. The van der Waals surface area contributed by atoms with Crippen LogP contribution in [0.25, 0.3) is 5.70 Å². The van der Waals surface area contributed by atoms with E-state index in [4.69, 9.17) is 10.1 Å². The molecular weight excluding hydrogens is 384 g/mol. The lowest BCUT2D eigenvalue weighted by atomic mass is 9.91. The van der Waals surface area contributed by atoms with Gasteiger partial charge in [0.15, 0.2) is 0 Å². The molecule has 2 N–H and O–H groups in total. The smallest absolute Gasteiger partial charge is 0.251 e. The van der Waals surface area contributed by atoms with E-state index in [1.165, 1.54) is 5.56 Å². The molecule has 0 saturated heterocycles. The van der Waals surface area contributed by atoms with Gasteiger partial charge in [0.25, 0.3) is 5.91 Å². The van der Waals surface area contributed by atoms with Gasteiger partial charge in [0, 0.05) is 16.8 Å². The average molecular weight is 427 g/mol. The zero-order chi connectivity index (χ0) is 23.6. The van der Waals surface area contributed by atoms with Gasteiger partial charge >= 0.3 is 0 Å². The highest BCUT2D eigenvalue weighted by atomic mass is 16.5. The summed E-state index contributed by atoms with van der Waals surface area (Å²) in [5, 5.41) is 11.4. The lowest BCUT2D eigenvalue weighted by Crippen LogP contribution is -2.25. The first kappa shape index (κ1) is 26.7. The van der Waals surface area contributed by atoms with Gasteiger partial charge in [-0.1, -0.05) is 40.2 Å². The molecule has 0 aliphatic rings. The minimum Gasteiger partial charge on any atom is -0.493 e. The van der Waals surface area contributed by atoms with Crippen molar-refractivity contribution in [2.24, 2.45) is 0 Å². The van der Waals surface area contributed by atoms with Gasteiger partial charge in [-0.3, -0.25) is 4.79 Å². The Bertz CT molecular complexity index is 830. The van der Waals surface area contributed by atoms with Crippen LogP contribution in [0.2, 0.25) is 0 Å². The van der Waals surface area contributed by atoms with E-state index < -0.39 is 0 Å². The van der Waals surface area contributed by atoms with Crippen LogP contribution in [0.15, 0.2) is 34.9 Å². The first-order valence-corrected chi connectivity index (χ1v) is 11.8. The van der Waals surface area contributed by atoms with Crippen molar-refractivity contribution < 1.29 is 9.53 Å². The average Bonchev–Trinajstić information content (AvgIpc) is 2.77. The SMILES string of the molecule is CCCC(=N)/C(C)=C(\C)C(=O)NC(=C(C)CC)c1cc(C(CC)CC)ccc1OCC. The maximum Gasteiger partial charge on any atom is 0.251 e. The predicted octanol–water partition coefficient (Wildman–Crippen LogP) is 7.40. The molecule has 0 fully saturated rings. The van der Waals surface area contributed by atoms with E-state index in [1.54, 1.807) is 6.92 Å². The minimum absolute atomic E-state index is 0.156. The summed E-state index contributed by atoms with van der Waals surface area (Å²) in [4.78, 5) is 13.2. The molecule has 1 rings (SSSR count). The molecule has 4 heteroatoms. The topological polar surface area (TPSA) is 62.2 Å². The number of allylic oxidation sites excluding steroid dienone is 2. The van der Waals surface area contributed by atoms with Gasteiger partial charge in [0.05, 0.1) is 12.3 Å². The third-order valence-electron chi connectivity index (χ3n) is 6.08. The lowest BCUT2D eigenvalue weighted by Gasteiger charge is -2.21. The molecule has 0 spiro atoms. The zero-order valence-electron chi connectivity index (χ0n) is 20.9. The Morgan fingerprint density at radius 3 is 2.19 bits per heavy atom. The monoisotopic (exact) mass is 426 g/mol. The molecule has 0 aromatic heterocycles. The Balaban J connectivity index is 3.50. The second kappa shape index (κ2) is 13.1. The van der Waals surface area contributed by atoms with Crippen molar-refractivity contribution in [2.45, 2.75) is 93.4 Å². The van der Waals surface area contributed by atoms with Gasteiger partial charge in [-0.2, -0.15) is 0 Å². The molecule has 0 unspecified atom stereocenters. The Morgan fingerprint density at radius 2 is 1.68 bits per heavy atom. The summed E-state index contributed by atoms with van der Waals surface area (Å²) in [7, 11) is 0. The molecular formula is C27H42N2O2. The van der Waals surface area contributed by atoms with E-state index in [-0.39, 0.29) is 5.91 Å². The van der Waals surface area contributed by atoms with Crippen LogP contribution < -0.4 is 10.1 Å². The predicted molar refractivity (Wildman–Crippen MR) is 133 cm³/mol. The summed E-state index contributed by atoms with van der Waals surface area (Å²) in [5.41, 5.74) is 6.00. The van der Waals surface area contributed by atoms with Crippen molar-refractivity contribution in [2.75, 3.05) is 6.61 Å². The molecule has 0 heterocycles. The number of ether oxygens (including phenoxy) is 1. The molecule has 0 radical (unpaired) electrons. The van der Waals surface area contributed by atoms with E-state index in [1.807, 2.05) is 26.8 Å². The molecule has 31 heavy (non-hydrogen) atoms. The van der Waals surface area contributed by atoms with Gasteiger partial charge in [0.2, 0.25) is 0 Å². The van der Waals surface area contributed by atoms with Crippen molar-refractivity contribution in [3.63, 3.8) is 0 Å². The normalized spacial score (nSPS) is 12.9. The number of amides is 1. The molecule has 4 nitrogen and oxygen atoms in total. The first-order valence-electron chi connectivity index (χ1n) is 11.8. The van der Waals surface area contributed by atoms with E-state index in [0.717, 1.165) is 53.8 Å². The standard InChI is InChI=1S/C27H42N2O2/c1-9-14-24(28)19(7)20(8)27(30)29-26(18(6)10-2)23-17-22(21(11-3)12-4)15-16-25(23)31-13-5/h15-17,21,28H,9-14H2,1-8H3,(H,29,30)/b20-19+,26-18?,28-24?. The number of rotatable bonds is 12. The Morgan fingerprint density at radius 1 is 1.03 bits per heavy atom. The number of hydrogen-bond donors (Lipinski definition) is 2. The van der Waals surface area contributed by atoms with Crippen LogP contribution in [-0.2, 0) is 4.79 Å². The summed E-state index contributed by atoms with van der Waals surface area (Å²) in [6.45, 7) is 16.8. The summed E-state index contributed by atoms with van der Waals surface area (Å²) in [6, 6.07) is 6.36. The number of benzene rings is 1. The maximum atomic E-state index is 13.2. The molecule has 0 atom stereocenters. The molecule has 0 bridgehead atoms. The van der Waals surface area contributed by atoms with Crippen LogP contribution in [0.1, 0.15) is 105 Å². The van der Waals surface area contributed by atoms with Crippen LogP contribution in [0.4, 0.5) is 0 Å². The Kier molecular flexibility index (Phi) is 11.3. The van der Waals surface area contributed by atoms with E-state index in [2.05, 4.69) is 45.1 Å². The van der Waals surface area contributed by atoms with Crippen LogP contribution in [0, 0.1) is 5.41 Å². The van der Waals surface area contributed by atoms with Crippen LogP contribution >= 0.6 is 0 Å². The fourth-order valence-corrected chi connectivity index (χ4v) is 3.66.